The highest BCUT2D eigenvalue weighted by molar-refractivity contribution is 5.88. The van der Waals surface area contributed by atoms with Gasteiger partial charge in [0.25, 0.3) is 0 Å². The summed E-state index contributed by atoms with van der Waals surface area (Å²) in [5, 5.41) is 10.1. The minimum Gasteiger partial charge on any atom is -0.481 e. The fourth-order valence-corrected chi connectivity index (χ4v) is 2.86. The van der Waals surface area contributed by atoms with Crippen LogP contribution in [0.5, 0.6) is 0 Å². The molecule has 3 heterocycles. The first kappa shape index (κ1) is 11.7. The molecule has 2 aromatic rings. The van der Waals surface area contributed by atoms with Crippen molar-refractivity contribution in [2.45, 2.75) is 25.2 Å². The van der Waals surface area contributed by atoms with Crippen LogP contribution in [0.1, 0.15) is 31.0 Å². The van der Waals surface area contributed by atoms with Gasteiger partial charge in [0.15, 0.2) is 0 Å². The second kappa shape index (κ2) is 4.19. The molecule has 0 radical (unpaired) electrons. The molecule has 0 aromatic carbocycles. The predicted molar refractivity (Wildman–Crippen MR) is 73.8 cm³/mol. The quantitative estimate of drug-likeness (QED) is 0.889. The van der Waals surface area contributed by atoms with Crippen LogP contribution in [0, 0.1) is 5.92 Å². The molecule has 2 aliphatic rings. The Morgan fingerprint density at radius 1 is 1.35 bits per heavy atom. The van der Waals surface area contributed by atoms with E-state index in [2.05, 4.69) is 14.9 Å². The zero-order valence-corrected chi connectivity index (χ0v) is 11.0. The first-order valence-electron chi connectivity index (χ1n) is 7.05. The number of aliphatic carboxylic acids is 1. The molecule has 0 bridgehead atoms. The summed E-state index contributed by atoms with van der Waals surface area (Å²) >= 11 is 0. The number of carboxylic acid groups (broad SMARTS) is 1. The molecule has 4 rings (SSSR count). The number of nitrogens with one attached hydrogen (secondary N) is 1. The first-order valence-corrected chi connectivity index (χ1v) is 7.05. The van der Waals surface area contributed by atoms with E-state index < -0.39 is 5.97 Å². The lowest BCUT2D eigenvalue weighted by Crippen LogP contribution is -2.24. The van der Waals surface area contributed by atoms with Crippen LogP contribution in [-0.4, -0.2) is 39.1 Å². The molecule has 6 heteroatoms. The van der Waals surface area contributed by atoms with Gasteiger partial charge in [-0.2, -0.15) is 0 Å². The van der Waals surface area contributed by atoms with Crippen molar-refractivity contribution in [2.24, 2.45) is 5.92 Å². The van der Waals surface area contributed by atoms with Crippen LogP contribution in [0.3, 0.4) is 0 Å². The monoisotopic (exact) mass is 272 g/mol. The molecule has 2 N–H and O–H groups in total. The van der Waals surface area contributed by atoms with E-state index in [-0.39, 0.29) is 5.92 Å². The summed E-state index contributed by atoms with van der Waals surface area (Å²) in [6, 6.07) is 1.97. The van der Waals surface area contributed by atoms with E-state index in [9.17, 15) is 4.79 Å². The summed E-state index contributed by atoms with van der Waals surface area (Å²) in [4.78, 5) is 25.6. The highest BCUT2D eigenvalue weighted by atomic mass is 16.4. The maximum atomic E-state index is 11.1. The number of hydrogen-bond acceptors (Lipinski definition) is 4. The highest BCUT2D eigenvalue weighted by Crippen LogP contribution is 2.40. The second-order valence-corrected chi connectivity index (χ2v) is 5.69. The average molecular weight is 272 g/mol. The maximum Gasteiger partial charge on any atom is 0.308 e. The number of fused-ring (bicyclic) bond motifs is 1. The largest absolute Gasteiger partial charge is 0.481 e. The Hall–Kier alpha value is -2.11. The van der Waals surface area contributed by atoms with E-state index in [0.29, 0.717) is 18.9 Å². The van der Waals surface area contributed by atoms with E-state index in [1.807, 2.05) is 12.3 Å². The lowest BCUT2D eigenvalue weighted by molar-refractivity contribution is -0.140. The molecule has 1 saturated carbocycles. The molecule has 0 amide bonds. The SMILES string of the molecule is O=C(O)C1CCN(c2nc(C3CC3)nc3[nH]ccc23)C1. The zero-order chi connectivity index (χ0) is 13.7. The molecule has 2 aromatic heterocycles. The molecular formula is C14H16N4O2. The van der Waals surface area contributed by atoms with E-state index >= 15 is 0 Å². The minimum atomic E-state index is -0.714. The fourth-order valence-electron chi connectivity index (χ4n) is 2.86. The Labute approximate surface area is 115 Å². The van der Waals surface area contributed by atoms with Gasteiger partial charge in [0, 0.05) is 25.2 Å². The molecule has 2 fully saturated rings. The number of aromatic nitrogens is 3. The van der Waals surface area contributed by atoms with Crippen LogP contribution in [-0.2, 0) is 4.79 Å². The van der Waals surface area contributed by atoms with Gasteiger partial charge in [-0.3, -0.25) is 4.79 Å². The van der Waals surface area contributed by atoms with Gasteiger partial charge in [-0.15, -0.1) is 0 Å². The summed E-state index contributed by atoms with van der Waals surface area (Å²) in [6.45, 7) is 1.29. The van der Waals surface area contributed by atoms with E-state index in [4.69, 9.17) is 10.1 Å². The van der Waals surface area contributed by atoms with Gasteiger partial charge in [-0.05, 0) is 25.3 Å². The number of aromatic amines is 1. The number of hydrogen-bond donors (Lipinski definition) is 2. The zero-order valence-electron chi connectivity index (χ0n) is 11.0. The number of carbonyl (C=O) groups is 1. The lowest BCUT2D eigenvalue weighted by atomic mass is 10.1. The van der Waals surface area contributed by atoms with Gasteiger partial charge >= 0.3 is 5.97 Å². The highest BCUT2D eigenvalue weighted by Gasteiger charge is 2.32. The topological polar surface area (TPSA) is 82.1 Å². The van der Waals surface area contributed by atoms with Crippen LogP contribution in [0.4, 0.5) is 5.82 Å². The standard InChI is InChI=1S/C14H16N4O2/c19-14(20)9-4-6-18(7-9)13-10-3-5-15-12(10)16-11(17-13)8-1-2-8/h3,5,8-9H,1-2,4,6-7H2,(H,19,20)(H,15,16,17). The van der Waals surface area contributed by atoms with Gasteiger partial charge in [0.1, 0.15) is 17.3 Å². The number of rotatable bonds is 3. The summed E-state index contributed by atoms with van der Waals surface area (Å²) < 4.78 is 0. The van der Waals surface area contributed by atoms with Crippen molar-refractivity contribution in [3.05, 3.63) is 18.1 Å². The Bertz CT molecular complexity index is 677. The third-order valence-corrected chi connectivity index (χ3v) is 4.19. The molecule has 1 atom stereocenters. The van der Waals surface area contributed by atoms with Crippen LogP contribution in [0.15, 0.2) is 12.3 Å². The van der Waals surface area contributed by atoms with Gasteiger partial charge < -0.3 is 15.0 Å². The third-order valence-electron chi connectivity index (χ3n) is 4.19. The molecule has 1 saturated heterocycles. The van der Waals surface area contributed by atoms with Gasteiger partial charge in [0.05, 0.1) is 11.3 Å². The Balaban J connectivity index is 1.74. The first-order chi connectivity index (χ1) is 9.72. The molecule has 1 aliphatic carbocycles. The van der Waals surface area contributed by atoms with Crippen LogP contribution < -0.4 is 4.90 Å². The van der Waals surface area contributed by atoms with Crippen molar-refractivity contribution in [2.75, 3.05) is 18.0 Å². The maximum absolute atomic E-state index is 11.1. The minimum absolute atomic E-state index is 0.289. The molecule has 1 unspecified atom stereocenters. The molecular weight excluding hydrogens is 256 g/mol. The van der Waals surface area contributed by atoms with Crippen molar-refractivity contribution in [1.29, 1.82) is 0 Å². The predicted octanol–water partition coefficient (Wildman–Crippen LogP) is 1.75. The molecule has 1 aliphatic heterocycles. The fraction of sp³-hybridized carbons (Fsp3) is 0.500. The van der Waals surface area contributed by atoms with Gasteiger partial charge in [-0.1, -0.05) is 0 Å². The number of nitrogens with zero attached hydrogens (tertiary/aromatic N) is 3. The summed E-state index contributed by atoms with van der Waals surface area (Å²) in [5.74, 6) is 1.27. The number of carboxylic acids is 1. The molecule has 20 heavy (non-hydrogen) atoms. The molecule has 104 valence electrons. The molecule has 6 nitrogen and oxygen atoms in total. The lowest BCUT2D eigenvalue weighted by Gasteiger charge is -2.18. The Morgan fingerprint density at radius 3 is 2.90 bits per heavy atom. The van der Waals surface area contributed by atoms with Crippen molar-refractivity contribution < 1.29 is 9.90 Å². The molecule has 0 spiro atoms. The van der Waals surface area contributed by atoms with Crippen molar-refractivity contribution in [3.8, 4) is 0 Å². The van der Waals surface area contributed by atoms with Gasteiger partial charge in [-0.25, -0.2) is 9.97 Å². The Morgan fingerprint density at radius 2 is 2.20 bits per heavy atom. The Kier molecular flexibility index (Phi) is 2.45. The normalized spacial score (nSPS) is 22.6. The summed E-state index contributed by atoms with van der Waals surface area (Å²) in [5.41, 5.74) is 0.857. The van der Waals surface area contributed by atoms with Crippen LogP contribution >= 0.6 is 0 Å². The van der Waals surface area contributed by atoms with E-state index in [0.717, 1.165) is 42.1 Å². The van der Waals surface area contributed by atoms with E-state index in [1.54, 1.807) is 0 Å². The van der Waals surface area contributed by atoms with Gasteiger partial charge in [0.2, 0.25) is 0 Å². The second-order valence-electron chi connectivity index (χ2n) is 5.69. The smallest absolute Gasteiger partial charge is 0.308 e. The summed E-state index contributed by atoms with van der Waals surface area (Å²) in [6.07, 6.45) is 4.86. The van der Waals surface area contributed by atoms with Crippen LogP contribution in [0.25, 0.3) is 11.0 Å². The van der Waals surface area contributed by atoms with E-state index in [1.165, 1.54) is 0 Å². The van der Waals surface area contributed by atoms with Crippen molar-refractivity contribution >= 4 is 22.8 Å². The van der Waals surface area contributed by atoms with Crippen molar-refractivity contribution in [1.82, 2.24) is 15.0 Å². The number of anilines is 1. The van der Waals surface area contributed by atoms with Crippen molar-refractivity contribution in [3.63, 3.8) is 0 Å². The van der Waals surface area contributed by atoms with Crippen LogP contribution in [0.2, 0.25) is 0 Å². The summed E-state index contributed by atoms with van der Waals surface area (Å²) in [7, 11) is 0. The third kappa shape index (κ3) is 1.83. The average Bonchev–Trinajstić information content (AvgIpc) is 2.99. The number of H-pyrrole nitrogens is 1.